The molecule has 2 heterocycles. The summed E-state index contributed by atoms with van der Waals surface area (Å²) in [5.41, 5.74) is 2.48. The molecule has 0 aromatic carbocycles. The van der Waals surface area contributed by atoms with Gasteiger partial charge in [-0.1, -0.05) is 11.6 Å². The van der Waals surface area contributed by atoms with Crippen LogP contribution in [-0.2, 0) is 20.0 Å². The zero-order chi connectivity index (χ0) is 12.3. The predicted molar refractivity (Wildman–Crippen MR) is 72.7 cm³/mol. The maximum atomic E-state index is 5.88. The first-order valence-corrected chi connectivity index (χ1v) is 6.78. The number of nitrogens with zero attached hydrogens (tertiary/aromatic N) is 2. The molecule has 0 amide bonds. The summed E-state index contributed by atoms with van der Waals surface area (Å²) in [7, 11) is 1.96. The lowest BCUT2D eigenvalue weighted by atomic mass is 10.2. The van der Waals surface area contributed by atoms with E-state index in [0.29, 0.717) is 0 Å². The summed E-state index contributed by atoms with van der Waals surface area (Å²) in [5, 5.41) is 7.64. The fraction of sp³-hybridized carbons (Fsp3) is 0.417. The highest BCUT2D eigenvalue weighted by atomic mass is 35.5. The first-order valence-electron chi connectivity index (χ1n) is 5.59. The number of aryl methyl sites for hydroxylation is 1. The van der Waals surface area contributed by atoms with Crippen LogP contribution >= 0.6 is 22.9 Å². The van der Waals surface area contributed by atoms with Gasteiger partial charge in [-0.15, -0.1) is 11.3 Å². The molecule has 0 atom stereocenters. The van der Waals surface area contributed by atoms with Crippen molar-refractivity contribution in [1.29, 1.82) is 0 Å². The molecule has 0 aliphatic heterocycles. The van der Waals surface area contributed by atoms with Gasteiger partial charge in [0.25, 0.3) is 0 Å². The third kappa shape index (κ3) is 3.31. The topological polar surface area (TPSA) is 29.9 Å². The highest BCUT2D eigenvalue weighted by Gasteiger charge is 2.03. The maximum Gasteiger partial charge on any atom is 0.0931 e. The second kappa shape index (κ2) is 5.67. The molecule has 2 aromatic heterocycles. The lowest BCUT2D eigenvalue weighted by molar-refractivity contribution is 0.683. The Kier molecular flexibility index (Phi) is 4.20. The van der Waals surface area contributed by atoms with Crippen LogP contribution in [-0.4, -0.2) is 16.3 Å². The Labute approximate surface area is 110 Å². The quantitative estimate of drug-likeness (QED) is 0.846. The van der Waals surface area contributed by atoms with Crippen LogP contribution in [0.25, 0.3) is 0 Å². The van der Waals surface area contributed by atoms with Crippen LogP contribution in [0.3, 0.4) is 0 Å². The molecular weight excluding hydrogens is 254 g/mol. The maximum absolute atomic E-state index is 5.88. The fourth-order valence-corrected chi connectivity index (χ4v) is 2.73. The summed E-state index contributed by atoms with van der Waals surface area (Å²) in [6, 6.07) is 4.04. The molecule has 3 nitrogen and oxygen atoms in total. The number of rotatable bonds is 5. The van der Waals surface area contributed by atoms with E-state index in [1.807, 2.05) is 24.0 Å². The Morgan fingerprint density at radius 1 is 1.47 bits per heavy atom. The van der Waals surface area contributed by atoms with Gasteiger partial charge in [-0.05, 0) is 25.5 Å². The zero-order valence-corrected chi connectivity index (χ0v) is 11.6. The molecule has 0 aliphatic rings. The predicted octanol–water partition coefficient (Wildman–Crippen LogP) is 2.78. The SMILES string of the molecule is Cc1c(CNCCc2ccc(Cl)s2)cnn1C. The van der Waals surface area contributed by atoms with Crippen molar-refractivity contribution in [2.24, 2.45) is 7.05 Å². The van der Waals surface area contributed by atoms with Gasteiger partial charge in [0.1, 0.15) is 0 Å². The zero-order valence-electron chi connectivity index (χ0n) is 10.0. The van der Waals surface area contributed by atoms with E-state index < -0.39 is 0 Å². The molecule has 1 N–H and O–H groups in total. The lowest BCUT2D eigenvalue weighted by Crippen LogP contribution is -2.16. The Morgan fingerprint density at radius 2 is 2.29 bits per heavy atom. The van der Waals surface area contributed by atoms with Crippen LogP contribution in [0.15, 0.2) is 18.3 Å². The Bertz CT molecular complexity index is 490. The Hall–Kier alpha value is -0.840. The van der Waals surface area contributed by atoms with Gasteiger partial charge in [-0.2, -0.15) is 5.10 Å². The largest absolute Gasteiger partial charge is 0.312 e. The number of aromatic nitrogens is 2. The highest BCUT2D eigenvalue weighted by molar-refractivity contribution is 7.16. The molecule has 0 aliphatic carbocycles. The van der Waals surface area contributed by atoms with Crippen LogP contribution in [0.4, 0.5) is 0 Å². The first-order chi connectivity index (χ1) is 8.16. The van der Waals surface area contributed by atoms with E-state index in [-0.39, 0.29) is 0 Å². The number of hydrogen-bond donors (Lipinski definition) is 1. The molecular formula is C12H16ClN3S. The van der Waals surface area contributed by atoms with Crippen molar-refractivity contribution in [3.05, 3.63) is 38.8 Å². The number of hydrogen-bond acceptors (Lipinski definition) is 3. The van der Waals surface area contributed by atoms with Crippen molar-refractivity contribution >= 4 is 22.9 Å². The Balaban J connectivity index is 1.75. The van der Waals surface area contributed by atoms with Crippen molar-refractivity contribution < 1.29 is 0 Å². The minimum atomic E-state index is 0.864. The smallest absolute Gasteiger partial charge is 0.0931 e. The molecule has 0 bridgehead atoms. The van der Waals surface area contributed by atoms with Crippen LogP contribution in [0.1, 0.15) is 16.1 Å². The minimum absolute atomic E-state index is 0.864. The number of thiophene rings is 1. The van der Waals surface area contributed by atoms with Gasteiger partial charge in [0, 0.05) is 36.3 Å². The van der Waals surface area contributed by atoms with Crippen LogP contribution in [0.2, 0.25) is 4.34 Å². The summed E-state index contributed by atoms with van der Waals surface area (Å²) < 4.78 is 2.76. The Morgan fingerprint density at radius 3 is 2.88 bits per heavy atom. The fourth-order valence-electron chi connectivity index (χ4n) is 1.64. The summed E-state index contributed by atoms with van der Waals surface area (Å²) in [6.45, 7) is 3.92. The van der Waals surface area contributed by atoms with Crippen molar-refractivity contribution in [2.45, 2.75) is 19.9 Å². The first kappa shape index (κ1) is 12.6. The van der Waals surface area contributed by atoms with E-state index in [0.717, 1.165) is 23.8 Å². The van der Waals surface area contributed by atoms with Crippen molar-refractivity contribution in [3.63, 3.8) is 0 Å². The molecule has 5 heteroatoms. The molecule has 0 radical (unpaired) electrons. The van der Waals surface area contributed by atoms with Crippen LogP contribution < -0.4 is 5.32 Å². The molecule has 92 valence electrons. The van der Waals surface area contributed by atoms with Crippen molar-refractivity contribution in [2.75, 3.05) is 6.54 Å². The summed E-state index contributed by atoms with van der Waals surface area (Å²) in [4.78, 5) is 1.32. The minimum Gasteiger partial charge on any atom is -0.312 e. The van der Waals surface area contributed by atoms with E-state index in [1.54, 1.807) is 11.3 Å². The second-order valence-electron chi connectivity index (χ2n) is 4.01. The van der Waals surface area contributed by atoms with E-state index in [2.05, 4.69) is 23.4 Å². The van der Waals surface area contributed by atoms with Gasteiger partial charge in [0.05, 0.1) is 10.5 Å². The molecule has 0 saturated heterocycles. The average Bonchev–Trinajstić information content (AvgIpc) is 2.84. The highest BCUT2D eigenvalue weighted by Crippen LogP contribution is 2.21. The molecule has 2 aromatic rings. The average molecular weight is 270 g/mol. The van der Waals surface area contributed by atoms with Crippen LogP contribution in [0.5, 0.6) is 0 Å². The van der Waals surface area contributed by atoms with Gasteiger partial charge < -0.3 is 5.32 Å². The van der Waals surface area contributed by atoms with E-state index in [9.17, 15) is 0 Å². The third-order valence-corrected chi connectivity index (χ3v) is 4.12. The van der Waals surface area contributed by atoms with E-state index in [1.165, 1.54) is 16.1 Å². The monoisotopic (exact) mass is 269 g/mol. The van der Waals surface area contributed by atoms with Gasteiger partial charge in [-0.3, -0.25) is 4.68 Å². The van der Waals surface area contributed by atoms with Crippen molar-refractivity contribution in [3.8, 4) is 0 Å². The molecule has 0 spiro atoms. The molecule has 0 unspecified atom stereocenters. The van der Waals surface area contributed by atoms with E-state index in [4.69, 9.17) is 11.6 Å². The second-order valence-corrected chi connectivity index (χ2v) is 5.81. The molecule has 0 saturated carbocycles. The standard InChI is InChI=1S/C12H16ClN3S/c1-9-10(8-15-16(9)2)7-14-6-5-11-3-4-12(13)17-11/h3-4,8,14H,5-7H2,1-2H3. The number of halogens is 1. The lowest BCUT2D eigenvalue weighted by Gasteiger charge is -2.03. The van der Waals surface area contributed by atoms with Gasteiger partial charge in [0.15, 0.2) is 0 Å². The molecule has 2 rings (SSSR count). The van der Waals surface area contributed by atoms with Crippen LogP contribution in [0, 0.1) is 6.92 Å². The summed E-state index contributed by atoms with van der Waals surface area (Å²) in [5.74, 6) is 0. The van der Waals surface area contributed by atoms with Gasteiger partial charge >= 0.3 is 0 Å². The molecule has 0 fully saturated rings. The third-order valence-electron chi connectivity index (χ3n) is 2.83. The number of nitrogens with one attached hydrogen (secondary N) is 1. The normalized spacial score (nSPS) is 11.0. The van der Waals surface area contributed by atoms with Gasteiger partial charge in [0.2, 0.25) is 0 Å². The molecule has 17 heavy (non-hydrogen) atoms. The summed E-state index contributed by atoms with van der Waals surface area (Å²) in [6.07, 6.45) is 2.95. The van der Waals surface area contributed by atoms with Gasteiger partial charge in [-0.25, -0.2) is 0 Å². The van der Waals surface area contributed by atoms with Crippen molar-refractivity contribution in [1.82, 2.24) is 15.1 Å². The van der Waals surface area contributed by atoms with E-state index >= 15 is 0 Å². The summed E-state index contributed by atoms with van der Waals surface area (Å²) >= 11 is 7.53.